The smallest absolute Gasteiger partial charge is 0.272 e. The molecule has 2 bridgehead atoms. The minimum absolute atomic E-state index is 0.0372. The fourth-order valence-corrected chi connectivity index (χ4v) is 3.56. The molecule has 1 saturated carbocycles. The Kier molecular flexibility index (Phi) is 4.27. The van der Waals surface area contributed by atoms with Gasteiger partial charge in [0.05, 0.1) is 25.4 Å². The molecule has 3 heterocycles. The van der Waals surface area contributed by atoms with Crippen LogP contribution in [0.1, 0.15) is 28.9 Å². The third-order valence-corrected chi connectivity index (χ3v) is 4.74. The lowest BCUT2D eigenvalue weighted by molar-refractivity contribution is -0.0598. The van der Waals surface area contributed by atoms with E-state index < -0.39 is 0 Å². The molecule has 2 aromatic rings. The second-order valence-electron chi connectivity index (χ2n) is 6.15. The number of hydrogen-bond donors (Lipinski definition) is 1. The predicted molar refractivity (Wildman–Crippen MR) is 85.2 cm³/mol. The lowest BCUT2D eigenvalue weighted by atomic mass is 10.1. The number of H-pyrrole nitrogens is 1. The summed E-state index contributed by atoms with van der Waals surface area (Å²) in [7, 11) is 0. The van der Waals surface area contributed by atoms with E-state index in [1.165, 1.54) is 0 Å². The number of amides is 1. The molecule has 4 rings (SSSR count). The molecule has 0 unspecified atom stereocenters. The molecule has 2 aliphatic rings. The van der Waals surface area contributed by atoms with Crippen molar-refractivity contribution in [2.75, 3.05) is 13.2 Å². The van der Waals surface area contributed by atoms with Crippen molar-refractivity contribution in [1.29, 1.82) is 0 Å². The number of nitrogens with zero attached hydrogens (tertiary/aromatic N) is 3. The Morgan fingerprint density at radius 1 is 1.29 bits per heavy atom. The van der Waals surface area contributed by atoms with E-state index in [0.29, 0.717) is 25.5 Å². The molecule has 0 spiro atoms. The first-order valence-electron chi connectivity index (χ1n) is 8.25. The van der Waals surface area contributed by atoms with Crippen molar-refractivity contribution in [2.45, 2.75) is 37.7 Å². The Hall–Kier alpha value is -2.25. The number of nitrogens with one attached hydrogen (secondary N) is 1. The van der Waals surface area contributed by atoms with Crippen LogP contribution in [0.5, 0.6) is 0 Å². The highest BCUT2D eigenvalue weighted by Crippen LogP contribution is 2.33. The van der Waals surface area contributed by atoms with Gasteiger partial charge >= 0.3 is 0 Å². The van der Waals surface area contributed by atoms with Gasteiger partial charge in [-0.2, -0.15) is 5.10 Å². The molecule has 3 atom stereocenters. The molecule has 0 aromatic carbocycles. The van der Waals surface area contributed by atoms with Crippen LogP contribution in [0.4, 0.5) is 0 Å². The summed E-state index contributed by atoms with van der Waals surface area (Å²) in [4.78, 5) is 18.6. The Morgan fingerprint density at radius 3 is 2.96 bits per heavy atom. The first-order valence-corrected chi connectivity index (χ1v) is 8.25. The molecule has 1 N–H and O–H groups in total. The molecule has 1 amide bonds. The zero-order valence-corrected chi connectivity index (χ0v) is 13.3. The molecule has 1 aliphatic carbocycles. The van der Waals surface area contributed by atoms with E-state index >= 15 is 0 Å². The first kappa shape index (κ1) is 15.3. The summed E-state index contributed by atoms with van der Waals surface area (Å²) in [6.07, 6.45) is 6.86. The van der Waals surface area contributed by atoms with Gasteiger partial charge in [-0.1, -0.05) is 0 Å². The second kappa shape index (κ2) is 6.70. The number of pyridine rings is 1. The zero-order valence-electron chi connectivity index (χ0n) is 13.3. The summed E-state index contributed by atoms with van der Waals surface area (Å²) in [5, 5.41) is 6.63. The molecule has 126 valence electrons. The highest BCUT2D eigenvalue weighted by Gasteiger charge is 2.45. The summed E-state index contributed by atoms with van der Waals surface area (Å²) in [6.45, 7) is 1.61. The molecule has 1 aliphatic heterocycles. The molecule has 7 nitrogen and oxygen atoms in total. The van der Waals surface area contributed by atoms with E-state index in [4.69, 9.17) is 9.47 Å². The van der Waals surface area contributed by atoms with Gasteiger partial charge in [0.2, 0.25) is 0 Å². The number of rotatable bonds is 4. The molecule has 2 aromatic heterocycles. The van der Waals surface area contributed by atoms with Gasteiger partial charge in [-0.05, 0) is 36.6 Å². The summed E-state index contributed by atoms with van der Waals surface area (Å²) < 4.78 is 12.1. The van der Waals surface area contributed by atoms with Crippen LogP contribution in [0.25, 0.3) is 0 Å². The Balaban J connectivity index is 1.50. The van der Waals surface area contributed by atoms with Gasteiger partial charge in [0.1, 0.15) is 11.8 Å². The fraction of sp³-hybridized carbons (Fsp3) is 0.471. The Bertz CT molecular complexity index is 676. The highest BCUT2D eigenvalue weighted by atomic mass is 16.5. The van der Waals surface area contributed by atoms with E-state index in [9.17, 15) is 4.79 Å². The SMILES string of the molecule is O=C(c1ccn[nH]1)N1CCO[C@H]2CC[C@H]1[C@@H]2OCc1ccncc1. The van der Waals surface area contributed by atoms with Crippen LogP contribution >= 0.6 is 0 Å². The van der Waals surface area contributed by atoms with Crippen molar-refractivity contribution in [2.24, 2.45) is 0 Å². The largest absolute Gasteiger partial charge is 0.374 e. The molecule has 2 fully saturated rings. The molecule has 24 heavy (non-hydrogen) atoms. The third kappa shape index (κ3) is 2.92. The highest BCUT2D eigenvalue weighted by molar-refractivity contribution is 5.92. The minimum atomic E-state index is -0.104. The average Bonchev–Trinajstić information content (AvgIpc) is 3.22. The lowest BCUT2D eigenvalue weighted by Gasteiger charge is -2.31. The van der Waals surface area contributed by atoms with Crippen molar-refractivity contribution in [3.63, 3.8) is 0 Å². The molecular formula is C17H20N4O3. The van der Waals surface area contributed by atoms with Crippen LogP contribution in [-0.4, -0.2) is 57.4 Å². The summed E-state index contributed by atoms with van der Waals surface area (Å²) in [5.41, 5.74) is 1.58. The number of aromatic amines is 1. The maximum Gasteiger partial charge on any atom is 0.272 e. The Morgan fingerprint density at radius 2 is 2.17 bits per heavy atom. The monoisotopic (exact) mass is 328 g/mol. The van der Waals surface area contributed by atoms with Crippen molar-refractivity contribution in [3.8, 4) is 0 Å². The van der Waals surface area contributed by atoms with E-state index in [1.54, 1.807) is 24.7 Å². The molecular weight excluding hydrogens is 308 g/mol. The molecule has 7 heteroatoms. The minimum Gasteiger partial charge on any atom is -0.374 e. The van der Waals surface area contributed by atoms with Gasteiger partial charge in [0.15, 0.2) is 0 Å². The fourth-order valence-electron chi connectivity index (χ4n) is 3.56. The Labute approximate surface area is 140 Å². The van der Waals surface area contributed by atoms with Crippen LogP contribution in [0.15, 0.2) is 36.8 Å². The van der Waals surface area contributed by atoms with Gasteiger partial charge in [0, 0.05) is 25.1 Å². The number of hydrogen-bond acceptors (Lipinski definition) is 5. The first-order chi connectivity index (χ1) is 11.8. The quantitative estimate of drug-likeness (QED) is 0.917. The van der Waals surface area contributed by atoms with Crippen LogP contribution in [0, 0.1) is 0 Å². The van der Waals surface area contributed by atoms with Gasteiger partial charge in [0.25, 0.3) is 5.91 Å². The predicted octanol–water partition coefficient (Wildman–Crippen LogP) is 1.39. The van der Waals surface area contributed by atoms with E-state index in [2.05, 4.69) is 15.2 Å². The summed E-state index contributed by atoms with van der Waals surface area (Å²) in [6, 6.07) is 5.61. The van der Waals surface area contributed by atoms with Crippen molar-refractivity contribution in [1.82, 2.24) is 20.1 Å². The number of fused-ring (bicyclic) bond motifs is 2. The molecule has 0 radical (unpaired) electrons. The number of aromatic nitrogens is 3. The van der Waals surface area contributed by atoms with E-state index in [-0.39, 0.29) is 24.2 Å². The van der Waals surface area contributed by atoms with Gasteiger partial charge in [-0.15, -0.1) is 0 Å². The third-order valence-electron chi connectivity index (χ3n) is 4.74. The maximum atomic E-state index is 12.8. The van der Waals surface area contributed by atoms with Crippen molar-refractivity contribution < 1.29 is 14.3 Å². The topological polar surface area (TPSA) is 80.3 Å². The average molecular weight is 328 g/mol. The van der Waals surface area contributed by atoms with Gasteiger partial charge in [-0.3, -0.25) is 14.9 Å². The molecule has 1 saturated heterocycles. The second-order valence-corrected chi connectivity index (χ2v) is 6.15. The number of carbonyl (C=O) groups excluding carboxylic acids is 1. The van der Waals surface area contributed by atoms with Crippen LogP contribution in [-0.2, 0) is 16.1 Å². The summed E-state index contributed by atoms with van der Waals surface area (Å²) >= 11 is 0. The van der Waals surface area contributed by atoms with Crippen LogP contribution in [0.3, 0.4) is 0 Å². The van der Waals surface area contributed by atoms with Crippen molar-refractivity contribution >= 4 is 5.91 Å². The maximum absolute atomic E-state index is 12.8. The van der Waals surface area contributed by atoms with Gasteiger partial charge < -0.3 is 14.4 Å². The number of carbonyl (C=O) groups is 1. The zero-order chi connectivity index (χ0) is 16.4. The van der Waals surface area contributed by atoms with Crippen LogP contribution in [0.2, 0.25) is 0 Å². The van der Waals surface area contributed by atoms with Crippen LogP contribution < -0.4 is 0 Å². The standard InChI is InChI=1S/C17H20N4O3/c22-17(13-5-8-19-20-13)21-9-10-23-15-2-1-14(21)16(15)24-11-12-3-6-18-7-4-12/h3-8,14-16H,1-2,9-11H2,(H,19,20)/t14-,15-,16-/m0/s1. The van der Waals surface area contributed by atoms with E-state index in [0.717, 1.165) is 18.4 Å². The normalized spacial score (nSPS) is 26.3. The van der Waals surface area contributed by atoms with Gasteiger partial charge in [-0.25, -0.2) is 0 Å². The van der Waals surface area contributed by atoms with Crippen molar-refractivity contribution in [3.05, 3.63) is 48.0 Å². The lowest BCUT2D eigenvalue weighted by Crippen LogP contribution is -2.46. The number of ether oxygens (including phenoxy) is 2. The van der Waals surface area contributed by atoms with E-state index in [1.807, 2.05) is 17.0 Å². The summed E-state index contributed by atoms with van der Waals surface area (Å²) in [5.74, 6) is -0.0406.